The van der Waals surface area contributed by atoms with E-state index in [4.69, 9.17) is 0 Å². The molecule has 3 aliphatic rings. The number of rotatable bonds is 3. The molecule has 3 fully saturated rings. The van der Waals surface area contributed by atoms with E-state index in [1.165, 1.54) is 0 Å². The van der Waals surface area contributed by atoms with E-state index in [1.807, 2.05) is 25.1 Å². The summed E-state index contributed by atoms with van der Waals surface area (Å²) in [4.78, 5) is 14.8. The molecule has 1 aromatic carbocycles. The first kappa shape index (κ1) is 16.7. The van der Waals surface area contributed by atoms with Crippen molar-refractivity contribution in [2.45, 2.75) is 6.92 Å². The number of halogens is 2. The molecule has 0 radical (unpaired) electrons. The van der Waals surface area contributed by atoms with Crippen LogP contribution >= 0.6 is 15.9 Å². The maximum atomic E-state index is 12.3. The largest absolute Gasteiger partial charge is 1.00 e. The Morgan fingerprint density at radius 1 is 1.29 bits per heavy atom. The molecule has 4 nitrogen and oxygen atoms in total. The summed E-state index contributed by atoms with van der Waals surface area (Å²) in [6, 6.07) is 5.96. The van der Waals surface area contributed by atoms with E-state index in [-0.39, 0.29) is 18.3 Å². The zero-order chi connectivity index (χ0) is 14.2. The Hall–Kier alpha value is -0.620. The number of quaternary nitrogens is 1. The molecule has 116 valence electrons. The van der Waals surface area contributed by atoms with E-state index in [2.05, 4.69) is 26.1 Å². The van der Waals surface area contributed by atoms with Crippen molar-refractivity contribution in [3.05, 3.63) is 28.2 Å². The molecular formula is C15H21BrClN3O. The third-order valence-electron chi connectivity index (χ3n) is 4.61. The van der Waals surface area contributed by atoms with Crippen molar-refractivity contribution in [3.8, 4) is 0 Å². The molecule has 0 aliphatic carbocycles. The molecule has 3 saturated heterocycles. The molecule has 3 aliphatic heterocycles. The fraction of sp³-hybridized carbons (Fsp3) is 0.533. The highest BCUT2D eigenvalue weighted by Crippen LogP contribution is 2.22. The smallest absolute Gasteiger partial charge is 0.279 e. The summed E-state index contributed by atoms with van der Waals surface area (Å²) in [5, 5.41) is 3.07. The summed E-state index contributed by atoms with van der Waals surface area (Å²) in [6.45, 7) is 9.42. The van der Waals surface area contributed by atoms with Gasteiger partial charge in [-0.1, -0.05) is 15.9 Å². The van der Waals surface area contributed by atoms with Gasteiger partial charge in [0.25, 0.3) is 5.91 Å². The van der Waals surface area contributed by atoms with Gasteiger partial charge in [-0.2, -0.15) is 0 Å². The minimum atomic E-state index is 0. The summed E-state index contributed by atoms with van der Waals surface area (Å²) < 4.78 is 2.01. The van der Waals surface area contributed by atoms with Crippen LogP contribution in [0.5, 0.6) is 0 Å². The molecule has 6 heteroatoms. The predicted molar refractivity (Wildman–Crippen MR) is 83.7 cm³/mol. The molecule has 1 aromatic rings. The van der Waals surface area contributed by atoms with Gasteiger partial charge in [0.05, 0.1) is 19.6 Å². The van der Waals surface area contributed by atoms with Crippen LogP contribution < -0.4 is 17.7 Å². The molecular weight excluding hydrogens is 354 g/mol. The molecule has 4 rings (SSSR count). The maximum Gasteiger partial charge on any atom is 0.279 e. The van der Waals surface area contributed by atoms with Crippen molar-refractivity contribution in [2.75, 3.05) is 51.1 Å². The lowest BCUT2D eigenvalue weighted by atomic mass is 10.1. The molecule has 1 amide bonds. The molecule has 0 saturated carbocycles. The summed E-state index contributed by atoms with van der Waals surface area (Å²) in [7, 11) is 0. The van der Waals surface area contributed by atoms with E-state index in [0.29, 0.717) is 6.54 Å². The molecule has 3 heterocycles. The Morgan fingerprint density at radius 2 is 1.90 bits per heavy atom. The minimum absolute atomic E-state index is 0. The number of carbonyl (C=O) groups excluding carboxylic acids is 1. The van der Waals surface area contributed by atoms with Gasteiger partial charge >= 0.3 is 0 Å². The van der Waals surface area contributed by atoms with Crippen molar-refractivity contribution in [1.29, 1.82) is 0 Å². The monoisotopic (exact) mass is 373 g/mol. The van der Waals surface area contributed by atoms with E-state index < -0.39 is 0 Å². The second kappa shape index (κ2) is 6.65. The number of amides is 1. The van der Waals surface area contributed by atoms with Gasteiger partial charge in [0.2, 0.25) is 0 Å². The first-order chi connectivity index (χ1) is 9.56. The number of hydrogen-bond donors (Lipinski definition) is 1. The number of nitrogens with one attached hydrogen (secondary N) is 1. The Labute approximate surface area is 140 Å². The summed E-state index contributed by atoms with van der Waals surface area (Å²) in [6.07, 6.45) is 0. The maximum absolute atomic E-state index is 12.3. The summed E-state index contributed by atoms with van der Waals surface area (Å²) in [5.41, 5.74) is 2.02. The average molecular weight is 375 g/mol. The van der Waals surface area contributed by atoms with Crippen LogP contribution in [0.25, 0.3) is 0 Å². The fourth-order valence-electron chi connectivity index (χ4n) is 3.23. The molecule has 0 spiro atoms. The van der Waals surface area contributed by atoms with Gasteiger partial charge in [-0.25, -0.2) is 0 Å². The summed E-state index contributed by atoms with van der Waals surface area (Å²) >= 11 is 3.45. The van der Waals surface area contributed by atoms with Crippen LogP contribution in [0.4, 0.5) is 5.69 Å². The number of nitrogens with zero attached hydrogens (tertiary/aromatic N) is 2. The Kier molecular flexibility index (Phi) is 5.30. The molecule has 0 unspecified atom stereocenters. The van der Waals surface area contributed by atoms with Gasteiger partial charge in [-0.05, 0) is 30.7 Å². The highest BCUT2D eigenvalue weighted by Gasteiger charge is 2.39. The normalized spacial score (nSPS) is 27.0. The SMILES string of the molecule is Cc1cc(Br)ccc1NC(=O)C[N+]12CCN(CC1)CC2.[Cl-]. The van der Waals surface area contributed by atoms with E-state index >= 15 is 0 Å². The average Bonchev–Trinajstić information content (AvgIpc) is 2.43. The van der Waals surface area contributed by atoms with Crippen molar-refractivity contribution >= 4 is 27.5 Å². The van der Waals surface area contributed by atoms with Gasteiger partial charge in [0, 0.05) is 29.8 Å². The number of piperazine rings is 3. The minimum Gasteiger partial charge on any atom is -1.00 e. The van der Waals surface area contributed by atoms with Gasteiger partial charge in [0.1, 0.15) is 0 Å². The number of carbonyl (C=O) groups is 1. The standard InChI is InChI=1S/C15H20BrN3O.ClH/c1-12-10-13(16)2-3-14(12)17-15(20)11-19-7-4-18(5-8-19)6-9-19;/h2-3,10H,4-9,11H2,1H3;1H. The lowest BCUT2D eigenvalue weighted by Gasteiger charge is -2.50. The molecule has 2 bridgehead atoms. The predicted octanol–water partition coefficient (Wildman–Crippen LogP) is -1.15. The van der Waals surface area contributed by atoms with Crippen LogP contribution in [-0.4, -0.2) is 61.1 Å². The lowest BCUT2D eigenvalue weighted by Crippen LogP contribution is -3.00. The highest BCUT2D eigenvalue weighted by molar-refractivity contribution is 9.10. The zero-order valence-electron chi connectivity index (χ0n) is 12.2. The van der Waals surface area contributed by atoms with E-state index in [9.17, 15) is 4.79 Å². The Bertz CT molecular complexity index is 516. The van der Waals surface area contributed by atoms with Gasteiger partial charge in [-0.3, -0.25) is 9.69 Å². The first-order valence-electron chi connectivity index (χ1n) is 7.20. The van der Waals surface area contributed by atoms with Gasteiger partial charge < -0.3 is 22.2 Å². The molecule has 0 aromatic heterocycles. The van der Waals surface area contributed by atoms with Gasteiger partial charge in [-0.15, -0.1) is 0 Å². The van der Waals surface area contributed by atoms with Crippen molar-refractivity contribution in [1.82, 2.24) is 4.90 Å². The van der Waals surface area contributed by atoms with Crippen molar-refractivity contribution in [2.24, 2.45) is 0 Å². The quantitative estimate of drug-likeness (QED) is 0.678. The topological polar surface area (TPSA) is 32.3 Å². The van der Waals surface area contributed by atoms with Crippen LogP contribution in [0.3, 0.4) is 0 Å². The van der Waals surface area contributed by atoms with Crippen LogP contribution in [0.2, 0.25) is 0 Å². The number of hydrogen-bond acceptors (Lipinski definition) is 2. The third kappa shape index (κ3) is 3.77. The van der Waals surface area contributed by atoms with Crippen LogP contribution in [0.1, 0.15) is 5.56 Å². The van der Waals surface area contributed by atoms with Crippen LogP contribution in [0.15, 0.2) is 22.7 Å². The van der Waals surface area contributed by atoms with E-state index in [1.54, 1.807) is 0 Å². The molecule has 21 heavy (non-hydrogen) atoms. The number of benzene rings is 1. The van der Waals surface area contributed by atoms with Crippen LogP contribution in [0, 0.1) is 6.92 Å². The number of fused-ring (bicyclic) bond motifs is 3. The van der Waals surface area contributed by atoms with Crippen molar-refractivity contribution < 1.29 is 21.7 Å². The second-order valence-corrected chi connectivity index (χ2v) is 6.94. The molecule has 0 atom stereocenters. The number of anilines is 1. The number of aryl methyl sites for hydroxylation is 1. The second-order valence-electron chi connectivity index (χ2n) is 6.02. The first-order valence-corrected chi connectivity index (χ1v) is 7.99. The Morgan fingerprint density at radius 3 is 2.48 bits per heavy atom. The Balaban J connectivity index is 0.00000161. The van der Waals surface area contributed by atoms with Crippen LogP contribution in [-0.2, 0) is 4.79 Å². The van der Waals surface area contributed by atoms with Crippen molar-refractivity contribution in [3.63, 3.8) is 0 Å². The van der Waals surface area contributed by atoms with Gasteiger partial charge in [0.15, 0.2) is 6.54 Å². The fourth-order valence-corrected chi connectivity index (χ4v) is 3.71. The highest BCUT2D eigenvalue weighted by atomic mass is 79.9. The zero-order valence-corrected chi connectivity index (χ0v) is 14.6. The molecule has 1 N–H and O–H groups in total. The van der Waals surface area contributed by atoms with E-state index in [0.717, 1.165) is 59.5 Å². The third-order valence-corrected chi connectivity index (χ3v) is 5.11. The summed E-state index contributed by atoms with van der Waals surface area (Å²) in [5.74, 6) is 0.144. The lowest BCUT2D eigenvalue weighted by molar-refractivity contribution is -0.933.